The summed E-state index contributed by atoms with van der Waals surface area (Å²) in [7, 11) is 0. The third-order valence-corrected chi connectivity index (χ3v) is 6.45. The number of allylic oxidation sites excluding steroid dienone is 2. The Bertz CT molecular complexity index is 984. The lowest BCUT2D eigenvalue weighted by molar-refractivity contribution is -0.146. The molecule has 3 rings (SSSR count). The molecule has 0 radical (unpaired) electrons. The van der Waals surface area contributed by atoms with Gasteiger partial charge in [-0.3, -0.25) is 14.4 Å². The normalized spacial score (nSPS) is 17.7. The second-order valence-electron chi connectivity index (χ2n) is 8.12. The highest BCUT2D eigenvalue weighted by Gasteiger charge is 2.33. The van der Waals surface area contributed by atoms with Crippen LogP contribution in [0.2, 0.25) is 0 Å². The number of benzene rings is 2. The van der Waals surface area contributed by atoms with E-state index in [2.05, 4.69) is 24.5 Å². The van der Waals surface area contributed by atoms with Crippen LogP contribution in [0.3, 0.4) is 0 Å². The summed E-state index contributed by atoms with van der Waals surface area (Å²) in [6.07, 6.45) is 4.46. The zero-order valence-corrected chi connectivity index (χ0v) is 19.0. The van der Waals surface area contributed by atoms with Gasteiger partial charge in [0, 0.05) is 16.3 Å². The van der Waals surface area contributed by atoms with Crippen molar-refractivity contribution in [3.05, 3.63) is 66.2 Å². The number of carbonyl (C=O) groups is 3. The van der Waals surface area contributed by atoms with E-state index in [4.69, 9.17) is 0 Å². The Balaban J connectivity index is 1.49. The van der Waals surface area contributed by atoms with Crippen molar-refractivity contribution in [3.8, 4) is 0 Å². The van der Waals surface area contributed by atoms with Crippen LogP contribution >= 0.6 is 11.8 Å². The molecule has 7 heteroatoms. The van der Waals surface area contributed by atoms with Crippen molar-refractivity contribution < 1.29 is 19.5 Å². The number of carbonyl (C=O) groups excluding carboxylic acids is 2. The first-order valence-corrected chi connectivity index (χ1v) is 11.6. The monoisotopic (exact) mass is 452 g/mol. The van der Waals surface area contributed by atoms with Crippen LogP contribution in [0.5, 0.6) is 0 Å². The Hall–Kier alpha value is -3.06. The topological polar surface area (TPSA) is 95.5 Å². The number of hydrogen-bond donors (Lipinski definition) is 3. The average Bonchev–Trinajstić information content (AvgIpc) is 2.79. The molecule has 32 heavy (non-hydrogen) atoms. The average molecular weight is 453 g/mol. The first-order chi connectivity index (χ1) is 15.3. The number of rotatable bonds is 8. The molecule has 0 bridgehead atoms. The van der Waals surface area contributed by atoms with E-state index in [0.29, 0.717) is 24.4 Å². The molecule has 2 atom stereocenters. The summed E-state index contributed by atoms with van der Waals surface area (Å²) in [6.45, 7) is 4.25. The van der Waals surface area contributed by atoms with Gasteiger partial charge >= 0.3 is 5.97 Å². The molecule has 2 aromatic rings. The van der Waals surface area contributed by atoms with Gasteiger partial charge in [-0.25, -0.2) is 0 Å². The maximum atomic E-state index is 12.5. The molecule has 0 aliphatic heterocycles. The van der Waals surface area contributed by atoms with Gasteiger partial charge < -0.3 is 15.7 Å². The lowest BCUT2D eigenvalue weighted by atomic mass is 9.82. The number of carboxylic acid groups (broad SMARTS) is 1. The summed E-state index contributed by atoms with van der Waals surface area (Å²) in [4.78, 5) is 37.1. The first-order valence-electron chi connectivity index (χ1n) is 10.6. The lowest BCUT2D eigenvalue weighted by Crippen LogP contribution is -2.34. The van der Waals surface area contributed by atoms with E-state index >= 15 is 0 Å². The Kier molecular flexibility index (Phi) is 8.11. The molecule has 0 fully saturated rings. The van der Waals surface area contributed by atoms with Crippen molar-refractivity contribution in [3.63, 3.8) is 0 Å². The van der Waals surface area contributed by atoms with Crippen molar-refractivity contribution >= 4 is 40.9 Å². The Morgan fingerprint density at radius 1 is 0.906 bits per heavy atom. The van der Waals surface area contributed by atoms with E-state index in [1.54, 1.807) is 12.1 Å². The minimum atomic E-state index is -0.949. The fourth-order valence-corrected chi connectivity index (χ4v) is 4.24. The molecule has 6 nitrogen and oxygen atoms in total. The molecular weight excluding hydrogens is 424 g/mol. The Morgan fingerprint density at radius 3 is 2.06 bits per heavy atom. The van der Waals surface area contributed by atoms with Crippen LogP contribution in [-0.4, -0.2) is 28.6 Å². The highest BCUT2D eigenvalue weighted by atomic mass is 32.2. The van der Waals surface area contributed by atoms with Gasteiger partial charge in [-0.1, -0.05) is 38.1 Å². The Labute approximate surface area is 192 Å². The van der Waals surface area contributed by atoms with E-state index in [0.717, 1.165) is 10.6 Å². The van der Waals surface area contributed by atoms with Gasteiger partial charge in [0.05, 0.1) is 17.6 Å². The fraction of sp³-hybridized carbons (Fsp3) is 0.320. The quantitative estimate of drug-likeness (QED) is 0.380. The van der Waals surface area contributed by atoms with Crippen LogP contribution < -0.4 is 10.6 Å². The predicted octanol–water partition coefficient (Wildman–Crippen LogP) is 5.15. The standard InChI is InChI=1S/C25H28N2O4S/c1-16(2)17-7-9-18(10-8-17)26-23(28)15-32-20-13-11-19(12-14-20)27-24(29)21-5-3-4-6-22(21)25(30)31/h3-4,7-14,16,21-22H,5-6,15H2,1-2H3,(H,26,28)(H,27,29)(H,30,31). The van der Waals surface area contributed by atoms with Gasteiger partial charge in [-0.05, 0) is 60.7 Å². The summed E-state index contributed by atoms with van der Waals surface area (Å²) in [5.74, 6) is -1.89. The number of nitrogens with one attached hydrogen (secondary N) is 2. The minimum absolute atomic E-state index is 0.0882. The second-order valence-corrected chi connectivity index (χ2v) is 9.17. The Morgan fingerprint density at radius 2 is 1.47 bits per heavy atom. The summed E-state index contributed by atoms with van der Waals surface area (Å²) in [6, 6.07) is 15.0. The molecule has 2 amide bonds. The molecular formula is C25H28N2O4S. The van der Waals surface area contributed by atoms with E-state index in [1.807, 2.05) is 48.6 Å². The summed E-state index contributed by atoms with van der Waals surface area (Å²) in [5.41, 5.74) is 2.60. The van der Waals surface area contributed by atoms with Crippen LogP contribution in [0, 0.1) is 11.8 Å². The molecule has 1 aliphatic rings. The molecule has 1 aliphatic carbocycles. The van der Waals surface area contributed by atoms with Crippen molar-refractivity contribution in [2.45, 2.75) is 37.5 Å². The molecule has 0 heterocycles. The number of carboxylic acids is 1. The van der Waals surface area contributed by atoms with E-state index < -0.39 is 17.8 Å². The fourth-order valence-electron chi connectivity index (χ4n) is 3.54. The van der Waals surface area contributed by atoms with Crippen LogP contribution in [0.15, 0.2) is 65.6 Å². The van der Waals surface area contributed by atoms with Crippen LogP contribution in [0.1, 0.15) is 38.2 Å². The largest absolute Gasteiger partial charge is 0.481 e. The molecule has 168 valence electrons. The SMILES string of the molecule is CC(C)c1ccc(NC(=O)CSc2ccc(NC(=O)C3CC=CCC3C(=O)O)cc2)cc1. The smallest absolute Gasteiger partial charge is 0.307 e. The summed E-state index contributed by atoms with van der Waals surface area (Å²) in [5, 5.41) is 15.0. The van der Waals surface area contributed by atoms with E-state index in [1.165, 1.54) is 17.3 Å². The number of aliphatic carboxylic acids is 1. The third-order valence-electron chi connectivity index (χ3n) is 5.44. The molecule has 0 saturated heterocycles. The van der Waals surface area contributed by atoms with Gasteiger partial charge in [-0.15, -0.1) is 11.8 Å². The van der Waals surface area contributed by atoms with Crippen molar-refractivity contribution in [2.75, 3.05) is 16.4 Å². The van der Waals surface area contributed by atoms with Gasteiger partial charge in [-0.2, -0.15) is 0 Å². The van der Waals surface area contributed by atoms with Gasteiger partial charge in [0.15, 0.2) is 0 Å². The van der Waals surface area contributed by atoms with Crippen molar-refractivity contribution in [1.29, 1.82) is 0 Å². The lowest BCUT2D eigenvalue weighted by Gasteiger charge is -2.24. The third kappa shape index (κ3) is 6.47. The number of amides is 2. The molecule has 0 aromatic heterocycles. The van der Waals surface area contributed by atoms with E-state index in [-0.39, 0.29) is 17.6 Å². The predicted molar refractivity (Wildman–Crippen MR) is 128 cm³/mol. The molecule has 2 aromatic carbocycles. The maximum Gasteiger partial charge on any atom is 0.307 e. The van der Waals surface area contributed by atoms with Crippen LogP contribution in [0.4, 0.5) is 11.4 Å². The number of anilines is 2. The summed E-state index contributed by atoms with van der Waals surface area (Å²) < 4.78 is 0. The van der Waals surface area contributed by atoms with Gasteiger partial charge in [0.25, 0.3) is 0 Å². The van der Waals surface area contributed by atoms with Crippen molar-refractivity contribution in [1.82, 2.24) is 0 Å². The van der Waals surface area contributed by atoms with Crippen molar-refractivity contribution in [2.24, 2.45) is 11.8 Å². The summed E-state index contributed by atoms with van der Waals surface area (Å²) >= 11 is 1.40. The molecule has 2 unspecified atom stereocenters. The van der Waals surface area contributed by atoms with E-state index in [9.17, 15) is 19.5 Å². The minimum Gasteiger partial charge on any atom is -0.481 e. The van der Waals surface area contributed by atoms with Gasteiger partial charge in [0.1, 0.15) is 0 Å². The van der Waals surface area contributed by atoms with Crippen LogP contribution in [0.25, 0.3) is 0 Å². The highest BCUT2D eigenvalue weighted by Crippen LogP contribution is 2.28. The number of thioether (sulfide) groups is 1. The molecule has 3 N–H and O–H groups in total. The number of hydrogen-bond acceptors (Lipinski definition) is 4. The second kappa shape index (κ2) is 11.0. The zero-order valence-electron chi connectivity index (χ0n) is 18.2. The van der Waals surface area contributed by atoms with Crippen LogP contribution in [-0.2, 0) is 14.4 Å². The maximum absolute atomic E-state index is 12.5. The molecule has 0 saturated carbocycles. The molecule has 0 spiro atoms. The van der Waals surface area contributed by atoms with Gasteiger partial charge in [0.2, 0.25) is 11.8 Å². The highest BCUT2D eigenvalue weighted by molar-refractivity contribution is 8.00. The zero-order chi connectivity index (χ0) is 23.1. The first kappa shape index (κ1) is 23.6.